The van der Waals surface area contributed by atoms with Crippen LogP contribution in [0.2, 0.25) is 16.6 Å². The second kappa shape index (κ2) is 5.91. The van der Waals surface area contributed by atoms with Crippen molar-refractivity contribution in [3.8, 4) is 11.5 Å². The van der Waals surface area contributed by atoms with Gasteiger partial charge in [-0.15, -0.1) is 5.54 Å². The molecule has 3 nitrogen and oxygen atoms in total. The minimum atomic E-state index is -1.68. The Bertz CT molecular complexity index is 423. The van der Waals surface area contributed by atoms with Crippen LogP contribution in [0.3, 0.4) is 0 Å². The van der Waals surface area contributed by atoms with Gasteiger partial charge in [0, 0.05) is 0 Å². The third-order valence-corrected chi connectivity index (χ3v) is 11.2. The third kappa shape index (κ3) is 2.54. The van der Waals surface area contributed by atoms with Crippen molar-refractivity contribution in [1.29, 1.82) is 0 Å². The van der Waals surface area contributed by atoms with Crippen molar-refractivity contribution in [2.24, 2.45) is 11.1 Å². The van der Waals surface area contributed by atoms with E-state index in [1.165, 1.54) is 0 Å². The van der Waals surface area contributed by atoms with Crippen molar-refractivity contribution < 1.29 is 9.57 Å². The van der Waals surface area contributed by atoms with Gasteiger partial charge in [-0.25, -0.2) is 0 Å². The summed E-state index contributed by atoms with van der Waals surface area (Å²) in [7, 11) is -1.68. The van der Waals surface area contributed by atoms with E-state index in [0.29, 0.717) is 29.8 Å². The highest BCUT2D eigenvalue weighted by Crippen LogP contribution is 2.40. The lowest BCUT2D eigenvalue weighted by molar-refractivity contribution is 0.0558. The molecule has 0 aliphatic carbocycles. The number of rotatable bonds is 3. The Morgan fingerprint density at radius 1 is 1.05 bits per heavy atom. The van der Waals surface area contributed by atoms with Gasteiger partial charge < -0.3 is 9.57 Å². The quantitative estimate of drug-likeness (QED) is 0.588. The van der Waals surface area contributed by atoms with E-state index in [1.54, 1.807) is 0 Å². The molecule has 1 saturated heterocycles. The van der Waals surface area contributed by atoms with E-state index < -0.39 is 8.07 Å². The first-order valence-corrected chi connectivity index (χ1v) is 9.97. The van der Waals surface area contributed by atoms with Crippen molar-refractivity contribution in [3.63, 3.8) is 0 Å². The maximum atomic E-state index is 5.45. The summed E-state index contributed by atoms with van der Waals surface area (Å²) in [5.74, 6) is 3.66. The molecule has 2 atom stereocenters. The predicted molar refractivity (Wildman–Crippen MR) is 85.4 cm³/mol. The fraction of sp³-hybridized carbons (Fsp3) is 0.812. The molecule has 0 spiro atoms. The molecule has 0 amide bonds. The molecule has 0 unspecified atom stereocenters. The summed E-state index contributed by atoms with van der Waals surface area (Å²) in [6, 6.07) is 0. The van der Waals surface area contributed by atoms with Gasteiger partial charge in [0.15, 0.2) is 6.10 Å². The highest BCUT2D eigenvalue weighted by Gasteiger charge is 2.43. The molecule has 0 radical (unpaired) electrons. The zero-order chi connectivity index (χ0) is 14.9. The van der Waals surface area contributed by atoms with Crippen LogP contribution in [-0.2, 0) is 9.57 Å². The standard InChI is InChI=1S/C16H27NO2Si/c1-11(2)20(12(3)4,13(5)6)8-7-15-14-9-18-10-16(14)19-17-15/h11-14,16H,9-10H2,1-6H3/t14-,16-/m1/s1. The highest BCUT2D eigenvalue weighted by atomic mass is 28.3. The summed E-state index contributed by atoms with van der Waals surface area (Å²) in [6.45, 7) is 15.3. The normalized spacial score (nSPS) is 25.6. The van der Waals surface area contributed by atoms with E-state index in [1.807, 2.05) is 0 Å². The summed E-state index contributed by atoms with van der Waals surface area (Å²) < 4.78 is 5.45. The van der Waals surface area contributed by atoms with Crippen molar-refractivity contribution in [1.82, 2.24) is 0 Å². The van der Waals surface area contributed by atoms with Gasteiger partial charge in [-0.1, -0.05) is 52.6 Å². The first kappa shape index (κ1) is 15.6. The molecule has 0 aromatic rings. The predicted octanol–water partition coefficient (Wildman–Crippen LogP) is 3.61. The van der Waals surface area contributed by atoms with Gasteiger partial charge in [-0.05, 0) is 16.6 Å². The molecule has 2 heterocycles. The van der Waals surface area contributed by atoms with Gasteiger partial charge in [0.05, 0.1) is 19.1 Å². The van der Waals surface area contributed by atoms with Crippen LogP contribution in [0.1, 0.15) is 41.5 Å². The van der Waals surface area contributed by atoms with E-state index in [0.717, 1.165) is 5.71 Å². The molecular formula is C16H27NO2Si. The van der Waals surface area contributed by atoms with E-state index in [9.17, 15) is 0 Å². The topological polar surface area (TPSA) is 30.8 Å². The second-order valence-corrected chi connectivity index (χ2v) is 12.5. The number of fused-ring (bicyclic) bond motifs is 1. The molecule has 0 bridgehead atoms. The number of ether oxygens (including phenoxy) is 1. The monoisotopic (exact) mass is 293 g/mol. The molecule has 2 rings (SSSR count). The number of hydrogen-bond acceptors (Lipinski definition) is 3. The van der Waals surface area contributed by atoms with Gasteiger partial charge in [-0.2, -0.15) is 0 Å². The maximum absolute atomic E-state index is 5.45. The molecule has 112 valence electrons. The Balaban J connectivity index is 2.27. The molecule has 0 saturated carbocycles. The minimum absolute atomic E-state index is 0.104. The largest absolute Gasteiger partial charge is 0.388 e. The smallest absolute Gasteiger partial charge is 0.162 e. The van der Waals surface area contributed by atoms with Crippen LogP contribution >= 0.6 is 0 Å². The van der Waals surface area contributed by atoms with Crippen LogP contribution in [0, 0.1) is 17.4 Å². The highest BCUT2D eigenvalue weighted by molar-refractivity contribution is 6.90. The lowest BCUT2D eigenvalue weighted by Gasteiger charge is -2.38. The van der Waals surface area contributed by atoms with Crippen LogP contribution in [0.4, 0.5) is 0 Å². The third-order valence-electron chi connectivity index (χ3n) is 4.94. The van der Waals surface area contributed by atoms with Crippen LogP contribution in [0.5, 0.6) is 0 Å². The number of hydrogen-bond donors (Lipinski definition) is 0. The minimum Gasteiger partial charge on any atom is -0.388 e. The fourth-order valence-corrected chi connectivity index (χ4v) is 9.02. The van der Waals surface area contributed by atoms with Crippen LogP contribution in [0.15, 0.2) is 5.16 Å². The second-order valence-electron chi connectivity index (χ2n) is 6.91. The summed E-state index contributed by atoms with van der Waals surface area (Å²) in [6.07, 6.45) is 0.104. The summed E-state index contributed by atoms with van der Waals surface area (Å²) in [5.41, 5.74) is 6.56. The average molecular weight is 293 g/mol. The molecule has 2 aliphatic rings. The maximum Gasteiger partial charge on any atom is 0.162 e. The first-order valence-electron chi connectivity index (χ1n) is 7.74. The van der Waals surface area contributed by atoms with E-state index in [2.05, 4.69) is 58.2 Å². The zero-order valence-corrected chi connectivity index (χ0v) is 14.6. The lowest BCUT2D eigenvalue weighted by atomic mass is 10.0. The van der Waals surface area contributed by atoms with Crippen molar-refractivity contribution >= 4 is 13.8 Å². The van der Waals surface area contributed by atoms with Gasteiger partial charge in [0.2, 0.25) is 0 Å². The van der Waals surface area contributed by atoms with E-state index in [4.69, 9.17) is 9.57 Å². The zero-order valence-electron chi connectivity index (χ0n) is 13.6. The van der Waals surface area contributed by atoms with Gasteiger partial charge in [-0.3, -0.25) is 0 Å². The van der Waals surface area contributed by atoms with Crippen molar-refractivity contribution in [2.45, 2.75) is 64.3 Å². The van der Waals surface area contributed by atoms with Crippen LogP contribution < -0.4 is 0 Å². The Kier molecular flexibility index (Phi) is 4.61. The fourth-order valence-electron chi connectivity index (χ4n) is 3.81. The molecule has 2 aliphatic heterocycles. The molecule has 20 heavy (non-hydrogen) atoms. The van der Waals surface area contributed by atoms with Crippen LogP contribution in [-0.4, -0.2) is 33.1 Å². The van der Waals surface area contributed by atoms with Crippen molar-refractivity contribution in [2.75, 3.05) is 13.2 Å². The Morgan fingerprint density at radius 2 is 1.65 bits per heavy atom. The van der Waals surface area contributed by atoms with E-state index in [-0.39, 0.29) is 12.0 Å². The van der Waals surface area contributed by atoms with Gasteiger partial charge in [0.25, 0.3) is 0 Å². The SMILES string of the molecule is CC(C)[Si](C#CC1=NO[C@@H]2COC[C@H]12)(C(C)C)C(C)C. The van der Waals surface area contributed by atoms with E-state index >= 15 is 0 Å². The Labute approximate surface area is 124 Å². The molecule has 0 aromatic carbocycles. The molecule has 1 fully saturated rings. The average Bonchev–Trinajstić information content (AvgIpc) is 2.92. The van der Waals surface area contributed by atoms with Gasteiger partial charge in [0.1, 0.15) is 13.8 Å². The van der Waals surface area contributed by atoms with Gasteiger partial charge >= 0.3 is 0 Å². The summed E-state index contributed by atoms with van der Waals surface area (Å²) >= 11 is 0. The Morgan fingerprint density at radius 3 is 2.20 bits per heavy atom. The lowest BCUT2D eigenvalue weighted by Crippen LogP contribution is -2.43. The molecular weight excluding hydrogens is 266 g/mol. The summed E-state index contributed by atoms with van der Waals surface area (Å²) in [5, 5.41) is 4.19. The molecule has 0 aromatic heterocycles. The number of nitrogens with zero attached hydrogens (tertiary/aromatic N) is 1. The molecule has 0 N–H and O–H groups in total. The molecule has 4 heteroatoms. The van der Waals surface area contributed by atoms with Crippen LogP contribution in [0.25, 0.3) is 0 Å². The first-order chi connectivity index (χ1) is 9.39. The Hall–Kier alpha value is -0.793. The summed E-state index contributed by atoms with van der Waals surface area (Å²) in [4.78, 5) is 5.41. The number of oxime groups is 1. The van der Waals surface area contributed by atoms with Crippen molar-refractivity contribution in [3.05, 3.63) is 0 Å².